The highest BCUT2D eigenvalue weighted by Crippen LogP contribution is 2.33. The zero-order chi connectivity index (χ0) is 17.2. The number of ether oxygens (including phenoxy) is 1. The third-order valence-electron chi connectivity index (χ3n) is 4.20. The standard InChI is InChI=1S/C20H32O3/c1-5-9-11-15-14-18(20(21)22)19(23-13-7-3)17(12-10-6-2)16(15)8-4/h14H,5-13H2,1-4H3,(H,21,22). The molecule has 0 bridgehead atoms. The van der Waals surface area contributed by atoms with E-state index in [1.54, 1.807) is 0 Å². The van der Waals surface area contributed by atoms with Crippen molar-refractivity contribution in [1.29, 1.82) is 0 Å². The number of unbranched alkanes of at least 4 members (excludes halogenated alkanes) is 2. The molecular weight excluding hydrogens is 288 g/mol. The van der Waals surface area contributed by atoms with Crippen LogP contribution in [0.15, 0.2) is 6.07 Å². The van der Waals surface area contributed by atoms with Gasteiger partial charge in [-0.05, 0) is 61.3 Å². The average molecular weight is 320 g/mol. The molecule has 3 nitrogen and oxygen atoms in total. The van der Waals surface area contributed by atoms with Crippen LogP contribution in [0, 0.1) is 0 Å². The van der Waals surface area contributed by atoms with E-state index in [-0.39, 0.29) is 0 Å². The maximum absolute atomic E-state index is 11.8. The third-order valence-corrected chi connectivity index (χ3v) is 4.20. The van der Waals surface area contributed by atoms with Gasteiger partial charge in [-0.1, -0.05) is 40.5 Å². The summed E-state index contributed by atoms with van der Waals surface area (Å²) in [6.07, 6.45) is 8.03. The Morgan fingerprint density at radius 1 is 1.00 bits per heavy atom. The van der Waals surface area contributed by atoms with E-state index in [1.807, 2.05) is 13.0 Å². The molecule has 1 aromatic rings. The van der Waals surface area contributed by atoms with Crippen molar-refractivity contribution in [2.24, 2.45) is 0 Å². The van der Waals surface area contributed by atoms with Gasteiger partial charge in [-0.25, -0.2) is 4.79 Å². The summed E-state index contributed by atoms with van der Waals surface area (Å²) in [5.41, 5.74) is 3.98. The molecule has 23 heavy (non-hydrogen) atoms. The fourth-order valence-electron chi connectivity index (χ4n) is 3.00. The molecule has 0 heterocycles. The Morgan fingerprint density at radius 3 is 2.17 bits per heavy atom. The SMILES string of the molecule is CCCCc1cc(C(=O)O)c(OCCC)c(CCCC)c1CC. The van der Waals surface area contributed by atoms with Crippen LogP contribution >= 0.6 is 0 Å². The minimum absolute atomic E-state index is 0.341. The van der Waals surface area contributed by atoms with E-state index in [0.717, 1.165) is 56.9 Å². The first-order valence-electron chi connectivity index (χ1n) is 9.14. The van der Waals surface area contributed by atoms with Crippen LogP contribution in [0.2, 0.25) is 0 Å². The van der Waals surface area contributed by atoms with Crippen LogP contribution in [-0.4, -0.2) is 17.7 Å². The molecule has 0 aromatic heterocycles. The van der Waals surface area contributed by atoms with Crippen molar-refractivity contribution in [2.75, 3.05) is 6.61 Å². The Hall–Kier alpha value is -1.51. The molecule has 0 aliphatic rings. The lowest BCUT2D eigenvalue weighted by atomic mass is 9.89. The normalized spacial score (nSPS) is 10.8. The third kappa shape index (κ3) is 5.26. The molecule has 0 radical (unpaired) electrons. The van der Waals surface area contributed by atoms with Crippen LogP contribution in [0.4, 0.5) is 0 Å². The van der Waals surface area contributed by atoms with Gasteiger partial charge in [-0.3, -0.25) is 0 Å². The number of aryl methyl sites for hydroxylation is 1. The van der Waals surface area contributed by atoms with Crippen molar-refractivity contribution in [3.05, 3.63) is 28.3 Å². The molecule has 1 aromatic carbocycles. The van der Waals surface area contributed by atoms with Crippen molar-refractivity contribution in [3.63, 3.8) is 0 Å². The summed E-state index contributed by atoms with van der Waals surface area (Å²) in [6.45, 7) is 9.10. The second kappa shape index (κ2) is 10.3. The number of carbonyl (C=O) groups is 1. The molecular formula is C20H32O3. The number of hydrogen-bond acceptors (Lipinski definition) is 2. The first-order chi connectivity index (χ1) is 11.1. The van der Waals surface area contributed by atoms with Crippen molar-refractivity contribution in [3.8, 4) is 5.75 Å². The first-order valence-corrected chi connectivity index (χ1v) is 9.14. The Balaban J connectivity index is 3.45. The van der Waals surface area contributed by atoms with Gasteiger partial charge in [0.25, 0.3) is 0 Å². The molecule has 3 heteroatoms. The zero-order valence-corrected chi connectivity index (χ0v) is 15.2. The number of aromatic carboxylic acids is 1. The van der Waals surface area contributed by atoms with E-state index in [4.69, 9.17) is 4.74 Å². The van der Waals surface area contributed by atoms with Crippen molar-refractivity contribution in [2.45, 2.75) is 79.1 Å². The Morgan fingerprint density at radius 2 is 1.65 bits per heavy atom. The summed E-state index contributed by atoms with van der Waals surface area (Å²) in [5.74, 6) is -0.265. The zero-order valence-electron chi connectivity index (χ0n) is 15.2. The fourth-order valence-corrected chi connectivity index (χ4v) is 3.00. The van der Waals surface area contributed by atoms with E-state index >= 15 is 0 Å². The van der Waals surface area contributed by atoms with Crippen LogP contribution < -0.4 is 4.74 Å². The molecule has 1 N–H and O–H groups in total. The summed E-state index contributed by atoms with van der Waals surface area (Å²) in [7, 11) is 0. The predicted molar refractivity (Wildman–Crippen MR) is 95.8 cm³/mol. The molecule has 0 atom stereocenters. The highest BCUT2D eigenvalue weighted by molar-refractivity contribution is 5.92. The summed E-state index contributed by atoms with van der Waals surface area (Å²) in [5, 5.41) is 9.65. The van der Waals surface area contributed by atoms with Crippen molar-refractivity contribution >= 4 is 5.97 Å². The molecule has 1 rings (SSSR count). The monoisotopic (exact) mass is 320 g/mol. The Bertz CT molecular complexity index is 506. The molecule has 130 valence electrons. The maximum atomic E-state index is 11.8. The average Bonchev–Trinajstić information content (AvgIpc) is 2.55. The minimum atomic E-state index is -0.880. The van der Waals surface area contributed by atoms with Crippen molar-refractivity contribution in [1.82, 2.24) is 0 Å². The van der Waals surface area contributed by atoms with E-state index in [0.29, 0.717) is 17.9 Å². The maximum Gasteiger partial charge on any atom is 0.339 e. The van der Waals surface area contributed by atoms with Gasteiger partial charge in [0.15, 0.2) is 0 Å². The van der Waals surface area contributed by atoms with E-state index in [9.17, 15) is 9.90 Å². The molecule has 0 amide bonds. The minimum Gasteiger partial charge on any atom is -0.492 e. The number of hydrogen-bond donors (Lipinski definition) is 1. The summed E-state index contributed by atoms with van der Waals surface area (Å²) < 4.78 is 5.90. The highest BCUT2D eigenvalue weighted by Gasteiger charge is 2.21. The second-order valence-corrected chi connectivity index (χ2v) is 6.08. The largest absolute Gasteiger partial charge is 0.492 e. The van der Waals surface area contributed by atoms with Crippen LogP contribution in [0.1, 0.15) is 86.8 Å². The summed E-state index contributed by atoms with van der Waals surface area (Å²) in [4.78, 5) is 11.8. The van der Waals surface area contributed by atoms with Crippen molar-refractivity contribution < 1.29 is 14.6 Å². The Kier molecular flexibility index (Phi) is 8.75. The van der Waals surface area contributed by atoms with Gasteiger partial charge in [0.2, 0.25) is 0 Å². The fraction of sp³-hybridized carbons (Fsp3) is 0.650. The number of carboxylic acid groups (broad SMARTS) is 1. The second-order valence-electron chi connectivity index (χ2n) is 6.08. The van der Waals surface area contributed by atoms with Crippen LogP contribution in [-0.2, 0) is 19.3 Å². The molecule has 0 unspecified atom stereocenters. The predicted octanol–water partition coefficient (Wildman–Crippen LogP) is 5.42. The van der Waals surface area contributed by atoms with Gasteiger partial charge < -0.3 is 9.84 Å². The van der Waals surface area contributed by atoms with Gasteiger partial charge >= 0.3 is 5.97 Å². The number of rotatable bonds is 11. The topological polar surface area (TPSA) is 46.5 Å². The van der Waals surface area contributed by atoms with Crippen LogP contribution in [0.5, 0.6) is 5.75 Å². The molecule has 0 aliphatic carbocycles. The summed E-state index contributed by atoms with van der Waals surface area (Å²) in [6, 6.07) is 1.86. The van der Waals surface area contributed by atoms with Gasteiger partial charge in [-0.15, -0.1) is 0 Å². The smallest absolute Gasteiger partial charge is 0.339 e. The first kappa shape index (κ1) is 19.5. The molecule has 0 spiro atoms. The van der Waals surface area contributed by atoms with Gasteiger partial charge in [-0.2, -0.15) is 0 Å². The molecule has 0 aliphatic heterocycles. The van der Waals surface area contributed by atoms with E-state index in [2.05, 4.69) is 20.8 Å². The molecule has 0 saturated carbocycles. The lowest BCUT2D eigenvalue weighted by molar-refractivity contribution is 0.0691. The number of carboxylic acids is 1. The number of benzene rings is 1. The van der Waals surface area contributed by atoms with Gasteiger partial charge in [0.05, 0.1) is 6.61 Å². The molecule has 0 saturated heterocycles. The van der Waals surface area contributed by atoms with Gasteiger partial charge in [0, 0.05) is 0 Å². The lowest BCUT2D eigenvalue weighted by Gasteiger charge is -2.21. The van der Waals surface area contributed by atoms with E-state index < -0.39 is 5.97 Å². The highest BCUT2D eigenvalue weighted by atomic mass is 16.5. The Labute approximate surface area is 141 Å². The molecule has 0 fully saturated rings. The quantitative estimate of drug-likeness (QED) is 0.592. The van der Waals surface area contributed by atoms with Gasteiger partial charge in [0.1, 0.15) is 11.3 Å². The summed E-state index contributed by atoms with van der Waals surface area (Å²) >= 11 is 0. The lowest BCUT2D eigenvalue weighted by Crippen LogP contribution is -2.12. The van der Waals surface area contributed by atoms with Crippen LogP contribution in [0.3, 0.4) is 0 Å². The van der Waals surface area contributed by atoms with E-state index in [1.165, 1.54) is 11.1 Å². The van der Waals surface area contributed by atoms with Crippen LogP contribution in [0.25, 0.3) is 0 Å².